The van der Waals surface area contributed by atoms with Gasteiger partial charge in [0.2, 0.25) is 5.91 Å². The van der Waals surface area contributed by atoms with E-state index in [-0.39, 0.29) is 18.6 Å². The molecule has 2 aliphatic rings. The first-order valence-corrected chi connectivity index (χ1v) is 6.62. The van der Waals surface area contributed by atoms with Gasteiger partial charge in [-0.2, -0.15) is 0 Å². The Morgan fingerprint density at radius 3 is 2.82 bits per heavy atom. The second kappa shape index (κ2) is 5.83. The SMILES string of the molecule is COCC(CO)NC(=O)CC1CC2CCC1C2. The van der Waals surface area contributed by atoms with Crippen molar-refractivity contribution in [2.75, 3.05) is 20.3 Å². The molecule has 98 valence electrons. The van der Waals surface area contributed by atoms with E-state index in [1.54, 1.807) is 7.11 Å². The maximum Gasteiger partial charge on any atom is 0.220 e. The second-order valence-electron chi connectivity index (χ2n) is 5.54. The summed E-state index contributed by atoms with van der Waals surface area (Å²) in [5.41, 5.74) is 0. The molecule has 0 aromatic rings. The van der Waals surface area contributed by atoms with E-state index in [0.717, 1.165) is 11.8 Å². The fraction of sp³-hybridized carbons (Fsp3) is 0.923. The number of carbonyl (C=O) groups is 1. The fourth-order valence-electron chi connectivity index (χ4n) is 3.49. The van der Waals surface area contributed by atoms with Crippen molar-refractivity contribution in [1.29, 1.82) is 0 Å². The van der Waals surface area contributed by atoms with Crippen LogP contribution in [0.2, 0.25) is 0 Å². The molecule has 0 spiro atoms. The maximum atomic E-state index is 11.8. The van der Waals surface area contributed by atoms with Gasteiger partial charge in [0.15, 0.2) is 0 Å². The lowest BCUT2D eigenvalue weighted by Crippen LogP contribution is -2.41. The van der Waals surface area contributed by atoms with Crippen LogP contribution in [0.3, 0.4) is 0 Å². The van der Waals surface area contributed by atoms with Crippen LogP contribution >= 0.6 is 0 Å². The fourth-order valence-corrected chi connectivity index (χ4v) is 3.49. The number of nitrogens with one attached hydrogen (secondary N) is 1. The van der Waals surface area contributed by atoms with Crippen LogP contribution in [0.4, 0.5) is 0 Å². The smallest absolute Gasteiger partial charge is 0.220 e. The van der Waals surface area contributed by atoms with Crippen LogP contribution in [-0.2, 0) is 9.53 Å². The van der Waals surface area contributed by atoms with Crippen molar-refractivity contribution >= 4 is 5.91 Å². The lowest BCUT2D eigenvalue weighted by Gasteiger charge is -2.22. The highest BCUT2D eigenvalue weighted by Crippen LogP contribution is 2.49. The van der Waals surface area contributed by atoms with Gasteiger partial charge in [0, 0.05) is 13.5 Å². The third-order valence-corrected chi connectivity index (χ3v) is 4.29. The molecule has 2 saturated carbocycles. The van der Waals surface area contributed by atoms with Crippen LogP contribution in [0.25, 0.3) is 0 Å². The van der Waals surface area contributed by atoms with Crippen LogP contribution in [0, 0.1) is 17.8 Å². The predicted molar refractivity (Wildman–Crippen MR) is 64.4 cm³/mol. The molecule has 0 saturated heterocycles. The zero-order valence-corrected chi connectivity index (χ0v) is 10.5. The van der Waals surface area contributed by atoms with Gasteiger partial charge in [0.1, 0.15) is 0 Å². The minimum Gasteiger partial charge on any atom is -0.394 e. The number of amides is 1. The van der Waals surface area contributed by atoms with Gasteiger partial charge in [0.25, 0.3) is 0 Å². The second-order valence-corrected chi connectivity index (χ2v) is 5.54. The highest BCUT2D eigenvalue weighted by molar-refractivity contribution is 5.76. The van der Waals surface area contributed by atoms with Crippen LogP contribution in [0.15, 0.2) is 0 Å². The number of ether oxygens (including phenoxy) is 1. The van der Waals surface area contributed by atoms with Crippen molar-refractivity contribution in [2.24, 2.45) is 17.8 Å². The van der Waals surface area contributed by atoms with Crippen molar-refractivity contribution in [2.45, 2.75) is 38.1 Å². The van der Waals surface area contributed by atoms with Gasteiger partial charge < -0.3 is 15.2 Å². The van der Waals surface area contributed by atoms with Gasteiger partial charge in [-0.15, -0.1) is 0 Å². The van der Waals surface area contributed by atoms with E-state index in [9.17, 15) is 4.79 Å². The summed E-state index contributed by atoms with van der Waals surface area (Å²) in [7, 11) is 1.57. The molecule has 0 aromatic heterocycles. The monoisotopic (exact) mass is 241 g/mol. The minimum absolute atomic E-state index is 0.0592. The van der Waals surface area contributed by atoms with Gasteiger partial charge in [-0.25, -0.2) is 0 Å². The number of rotatable bonds is 6. The van der Waals surface area contributed by atoms with E-state index in [2.05, 4.69) is 5.32 Å². The molecule has 2 bridgehead atoms. The molecule has 2 rings (SSSR count). The Bertz CT molecular complexity index is 269. The van der Waals surface area contributed by atoms with Gasteiger partial charge in [-0.1, -0.05) is 6.42 Å². The summed E-state index contributed by atoms with van der Waals surface area (Å²) in [5.74, 6) is 2.31. The Kier molecular flexibility index (Phi) is 4.40. The van der Waals surface area contributed by atoms with E-state index in [1.807, 2.05) is 0 Å². The number of hydrogen-bond acceptors (Lipinski definition) is 3. The van der Waals surface area contributed by atoms with Gasteiger partial charge >= 0.3 is 0 Å². The van der Waals surface area contributed by atoms with Crippen molar-refractivity contribution in [1.82, 2.24) is 5.32 Å². The molecule has 2 N–H and O–H groups in total. The largest absolute Gasteiger partial charge is 0.394 e. The molecule has 2 fully saturated rings. The molecular weight excluding hydrogens is 218 g/mol. The van der Waals surface area contributed by atoms with Crippen LogP contribution in [-0.4, -0.2) is 37.4 Å². The Balaban J connectivity index is 1.73. The quantitative estimate of drug-likeness (QED) is 0.727. The molecule has 4 atom stereocenters. The number of fused-ring (bicyclic) bond motifs is 2. The summed E-state index contributed by atoms with van der Waals surface area (Å²) >= 11 is 0. The molecule has 0 aromatic carbocycles. The van der Waals surface area contributed by atoms with E-state index in [0.29, 0.717) is 18.9 Å². The van der Waals surface area contributed by atoms with Crippen molar-refractivity contribution in [3.05, 3.63) is 0 Å². The lowest BCUT2D eigenvalue weighted by atomic mass is 9.86. The number of hydrogen-bond donors (Lipinski definition) is 2. The van der Waals surface area contributed by atoms with E-state index in [4.69, 9.17) is 9.84 Å². The van der Waals surface area contributed by atoms with Gasteiger partial charge in [-0.3, -0.25) is 4.79 Å². The summed E-state index contributed by atoms with van der Waals surface area (Å²) in [6, 6.07) is -0.258. The Hall–Kier alpha value is -0.610. The molecule has 4 unspecified atom stereocenters. The molecular formula is C13H23NO3. The van der Waals surface area contributed by atoms with Gasteiger partial charge in [0.05, 0.1) is 19.3 Å². The number of methoxy groups -OCH3 is 1. The van der Waals surface area contributed by atoms with Crippen LogP contribution in [0.5, 0.6) is 0 Å². The molecule has 4 heteroatoms. The summed E-state index contributed by atoms with van der Waals surface area (Å²) < 4.78 is 4.94. The average Bonchev–Trinajstić information content (AvgIpc) is 2.90. The van der Waals surface area contributed by atoms with E-state index in [1.165, 1.54) is 25.7 Å². The highest BCUT2D eigenvalue weighted by Gasteiger charge is 2.40. The third kappa shape index (κ3) is 3.19. The number of aliphatic hydroxyl groups is 1. The topological polar surface area (TPSA) is 58.6 Å². The normalized spacial score (nSPS) is 32.7. The third-order valence-electron chi connectivity index (χ3n) is 4.29. The minimum atomic E-state index is -0.258. The van der Waals surface area contributed by atoms with E-state index < -0.39 is 0 Å². The first-order valence-electron chi connectivity index (χ1n) is 6.62. The number of carbonyl (C=O) groups excluding carboxylic acids is 1. The summed E-state index contributed by atoms with van der Waals surface area (Å²) in [6.07, 6.45) is 5.86. The van der Waals surface area contributed by atoms with E-state index >= 15 is 0 Å². The standard InChI is InChI=1S/C13H23NO3/c1-17-8-12(7-15)14-13(16)6-11-5-9-2-3-10(11)4-9/h9-12,15H,2-8H2,1H3,(H,14,16). The predicted octanol–water partition coefficient (Wildman–Crippen LogP) is 0.936. The summed E-state index contributed by atoms with van der Waals surface area (Å²) in [5, 5.41) is 11.9. The Labute approximate surface area is 103 Å². The maximum absolute atomic E-state index is 11.8. The van der Waals surface area contributed by atoms with Crippen molar-refractivity contribution in [3.63, 3.8) is 0 Å². The average molecular weight is 241 g/mol. The molecule has 4 nitrogen and oxygen atoms in total. The molecule has 0 heterocycles. The van der Waals surface area contributed by atoms with Gasteiger partial charge in [-0.05, 0) is 37.0 Å². The Morgan fingerprint density at radius 2 is 2.29 bits per heavy atom. The molecule has 17 heavy (non-hydrogen) atoms. The molecule has 0 radical (unpaired) electrons. The first-order chi connectivity index (χ1) is 8.22. The van der Waals surface area contributed by atoms with Crippen molar-refractivity contribution < 1.29 is 14.6 Å². The lowest BCUT2D eigenvalue weighted by molar-refractivity contribution is -0.123. The van der Waals surface area contributed by atoms with Crippen LogP contribution in [0.1, 0.15) is 32.1 Å². The highest BCUT2D eigenvalue weighted by atomic mass is 16.5. The Morgan fingerprint density at radius 1 is 1.47 bits per heavy atom. The zero-order valence-electron chi connectivity index (χ0n) is 10.5. The molecule has 0 aliphatic heterocycles. The zero-order chi connectivity index (χ0) is 12.3. The summed E-state index contributed by atoms with van der Waals surface area (Å²) in [4.78, 5) is 11.8. The molecule has 2 aliphatic carbocycles. The first kappa shape index (κ1) is 12.8. The number of aliphatic hydroxyl groups excluding tert-OH is 1. The molecule has 1 amide bonds. The summed E-state index contributed by atoms with van der Waals surface area (Å²) in [6.45, 7) is 0.315. The van der Waals surface area contributed by atoms with Crippen molar-refractivity contribution in [3.8, 4) is 0 Å². The van der Waals surface area contributed by atoms with Crippen LogP contribution < -0.4 is 5.32 Å².